The number of anilines is 1. The minimum atomic E-state index is 0.563. The average molecular weight is 191 g/mol. The van der Waals surface area contributed by atoms with Crippen LogP contribution in [0.4, 0.5) is 5.69 Å². The minimum Gasteiger partial charge on any atom is -0.365 e. The van der Waals surface area contributed by atoms with Crippen LogP contribution in [0, 0.1) is 6.92 Å². The van der Waals surface area contributed by atoms with Crippen molar-refractivity contribution in [3.05, 3.63) is 24.0 Å². The van der Waals surface area contributed by atoms with Crippen LogP contribution < -0.4 is 10.2 Å². The average Bonchev–Trinajstić information content (AvgIpc) is 2.20. The van der Waals surface area contributed by atoms with Gasteiger partial charge in [0.25, 0.3) is 0 Å². The van der Waals surface area contributed by atoms with Crippen molar-refractivity contribution in [1.29, 1.82) is 0 Å². The van der Waals surface area contributed by atoms with Gasteiger partial charge in [0.05, 0.1) is 11.9 Å². The van der Waals surface area contributed by atoms with Crippen LogP contribution in [0.5, 0.6) is 0 Å². The Morgan fingerprint density at radius 1 is 1.50 bits per heavy atom. The first-order chi connectivity index (χ1) is 6.77. The number of piperazine rings is 1. The Labute approximate surface area is 85.1 Å². The number of nitrogens with zero attached hydrogens (tertiary/aromatic N) is 2. The van der Waals surface area contributed by atoms with Crippen molar-refractivity contribution in [2.75, 3.05) is 24.5 Å². The summed E-state index contributed by atoms with van der Waals surface area (Å²) in [4.78, 5) is 6.73. The molecule has 0 aliphatic carbocycles. The summed E-state index contributed by atoms with van der Waals surface area (Å²) >= 11 is 0. The Morgan fingerprint density at radius 3 is 3.00 bits per heavy atom. The Hall–Kier alpha value is -1.09. The SMILES string of the molecule is Cc1ccc(N2CCNC[C@@H]2C)cn1. The molecule has 0 amide bonds. The lowest BCUT2D eigenvalue weighted by Gasteiger charge is -2.35. The molecule has 1 aromatic heterocycles. The number of hydrogen-bond donors (Lipinski definition) is 1. The molecule has 1 aliphatic heterocycles. The van der Waals surface area contributed by atoms with Crippen LogP contribution in [0.1, 0.15) is 12.6 Å². The van der Waals surface area contributed by atoms with Gasteiger partial charge in [-0.25, -0.2) is 0 Å². The van der Waals surface area contributed by atoms with Crippen LogP contribution in [-0.2, 0) is 0 Å². The smallest absolute Gasteiger partial charge is 0.0556 e. The number of pyridine rings is 1. The first kappa shape index (κ1) is 9.46. The van der Waals surface area contributed by atoms with Gasteiger partial charge in [-0.15, -0.1) is 0 Å². The minimum absolute atomic E-state index is 0.563. The van der Waals surface area contributed by atoms with Crippen molar-refractivity contribution in [2.45, 2.75) is 19.9 Å². The molecule has 3 heteroatoms. The maximum Gasteiger partial charge on any atom is 0.0556 e. The number of hydrogen-bond acceptors (Lipinski definition) is 3. The third-order valence-electron chi connectivity index (χ3n) is 2.73. The van der Waals surface area contributed by atoms with E-state index in [9.17, 15) is 0 Å². The Kier molecular flexibility index (Phi) is 2.68. The van der Waals surface area contributed by atoms with E-state index in [-0.39, 0.29) is 0 Å². The van der Waals surface area contributed by atoms with Gasteiger partial charge in [0.2, 0.25) is 0 Å². The van der Waals surface area contributed by atoms with E-state index >= 15 is 0 Å². The molecule has 1 saturated heterocycles. The van der Waals surface area contributed by atoms with Crippen LogP contribution in [0.3, 0.4) is 0 Å². The highest BCUT2D eigenvalue weighted by atomic mass is 15.2. The molecule has 0 aromatic carbocycles. The molecule has 2 rings (SSSR count). The molecule has 1 atom stereocenters. The predicted molar refractivity (Wildman–Crippen MR) is 58.7 cm³/mol. The lowest BCUT2D eigenvalue weighted by molar-refractivity contribution is 0.500. The lowest BCUT2D eigenvalue weighted by Crippen LogP contribution is -2.49. The standard InChI is InChI=1S/C11H17N3/c1-9-3-4-11(8-13-9)14-6-5-12-7-10(14)2/h3-4,8,10,12H,5-7H2,1-2H3/t10-/m0/s1. The molecule has 0 bridgehead atoms. The molecule has 1 aliphatic rings. The molecule has 0 radical (unpaired) electrons. The van der Waals surface area contributed by atoms with Crippen molar-refractivity contribution in [1.82, 2.24) is 10.3 Å². The summed E-state index contributed by atoms with van der Waals surface area (Å²) < 4.78 is 0. The fourth-order valence-electron chi connectivity index (χ4n) is 1.85. The van der Waals surface area contributed by atoms with E-state index in [1.807, 2.05) is 13.1 Å². The number of aromatic nitrogens is 1. The summed E-state index contributed by atoms with van der Waals surface area (Å²) in [5.41, 5.74) is 2.32. The van der Waals surface area contributed by atoms with Gasteiger partial charge < -0.3 is 10.2 Å². The van der Waals surface area contributed by atoms with E-state index < -0.39 is 0 Å². The Morgan fingerprint density at radius 2 is 2.36 bits per heavy atom. The molecule has 2 heterocycles. The molecule has 1 fully saturated rings. The number of rotatable bonds is 1. The van der Waals surface area contributed by atoms with Crippen LogP contribution >= 0.6 is 0 Å². The lowest BCUT2D eigenvalue weighted by atomic mass is 10.2. The van der Waals surface area contributed by atoms with Crippen LogP contribution in [-0.4, -0.2) is 30.7 Å². The summed E-state index contributed by atoms with van der Waals surface area (Å²) in [5, 5.41) is 3.38. The monoisotopic (exact) mass is 191 g/mol. The van der Waals surface area contributed by atoms with Gasteiger partial charge in [-0.05, 0) is 26.0 Å². The third-order valence-corrected chi connectivity index (χ3v) is 2.73. The predicted octanol–water partition coefficient (Wildman–Crippen LogP) is 1.19. The number of nitrogens with one attached hydrogen (secondary N) is 1. The highest BCUT2D eigenvalue weighted by molar-refractivity contribution is 5.46. The molecule has 14 heavy (non-hydrogen) atoms. The maximum absolute atomic E-state index is 4.33. The third kappa shape index (κ3) is 1.87. The van der Waals surface area contributed by atoms with Crippen LogP contribution in [0.25, 0.3) is 0 Å². The van der Waals surface area contributed by atoms with Crippen molar-refractivity contribution in [2.24, 2.45) is 0 Å². The molecule has 3 nitrogen and oxygen atoms in total. The zero-order valence-electron chi connectivity index (χ0n) is 8.83. The van der Waals surface area contributed by atoms with Gasteiger partial charge in [-0.1, -0.05) is 0 Å². The van der Waals surface area contributed by atoms with Crippen molar-refractivity contribution >= 4 is 5.69 Å². The molecular formula is C11H17N3. The zero-order valence-corrected chi connectivity index (χ0v) is 8.83. The van der Waals surface area contributed by atoms with E-state index in [4.69, 9.17) is 0 Å². The van der Waals surface area contributed by atoms with Crippen molar-refractivity contribution in [3.63, 3.8) is 0 Å². The second-order valence-corrected chi connectivity index (χ2v) is 3.90. The van der Waals surface area contributed by atoms with Crippen molar-refractivity contribution < 1.29 is 0 Å². The molecule has 1 aromatic rings. The van der Waals surface area contributed by atoms with Crippen LogP contribution in [0.2, 0.25) is 0 Å². The Balaban J connectivity index is 2.16. The maximum atomic E-state index is 4.33. The topological polar surface area (TPSA) is 28.2 Å². The first-order valence-corrected chi connectivity index (χ1v) is 5.17. The second-order valence-electron chi connectivity index (χ2n) is 3.90. The molecule has 76 valence electrons. The molecule has 0 saturated carbocycles. The molecule has 1 N–H and O–H groups in total. The summed E-state index contributed by atoms with van der Waals surface area (Å²) in [6, 6.07) is 4.79. The van der Waals surface area contributed by atoms with Crippen molar-refractivity contribution in [3.8, 4) is 0 Å². The normalized spacial score (nSPS) is 22.4. The largest absolute Gasteiger partial charge is 0.365 e. The molecule has 0 unspecified atom stereocenters. The summed E-state index contributed by atoms with van der Waals surface area (Å²) in [6.07, 6.45) is 1.97. The van der Waals surface area contributed by atoms with Gasteiger partial charge in [0.1, 0.15) is 0 Å². The van der Waals surface area contributed by atoms with E-state index in [0.29, 0.717) is 6.04 Å². The Bertz CT molecular complexity index is 294. The number of aryl methyl sites for hydroxylation is 1. The summed E-state index contributed by atoms with van der Waals surface area (Å²) in [5.74, 6) is 0. The molecule has 0 spiro atoms. The highest BCUT2D eigenvalue weighted by Gasteiger charge is 2.17. The highest BCUT2D eigenvalue weighted by Crippen LogP contribution is 2.16. The fourth-order valence-corrected chi connectivity index (χ4v) is 1.85. The van der Waals surface area contributed by atoms with E-state index in [1.165, 1.54) is 5.69 Å². The fraction of sp³-hybridized carbons (Fsp3) is 0.545. The van der Waals surface area contributed by atoms with Gasteiger partial charge in [-0.2, -0.15) is 0 Å². The van der Waals surface area contributed by atoms with Gasteiger partial charge in [0.15, 0.2) is 0 Å². The summed E-state index contributed by atoms with van der Waals surface area (Å²) in [6.45, 7) is 7.47. The van der Waals surface area contributed by atoms with Gasteiger partial charge in [-0.3, -0.25) is 4.98 Å². The van der Waals surface area contributed by atoms with Gasteiger partial charge in [0, 0.05) is 31.4 Å². The van der Waals surface area contributed by atoms with Gasteiger partial charge >= 0.3 is 0 Å². The van der Waals surface area contributed by atoms with E-state index in [2.05, 4.69) is 34.3 Å². The quantitative estimate of drug-likeness (QED) is 0.722. The zero-order chi connectivity index (χ0) is 9.97. The first-order valence-electron chi connectivity index (χ1n) is 5.17. The molecular weight excluding hydrogens is 174 g/mol. The summed E-state index contributed by atoms with van der Waals surface area (Å²) in [7, 11) is 0. The van der Waals surface area contributed by atoms with Crippen LogP contribution in [0.15, 0.2) is 18.3 Å². The van der Waals surface area contributed by atoms with E-state index in [1.54, 1.807) is 0 Å². The second kappa shape index (κ2) is 3.96. The van der Waals surface area contributed by atoms with E-state index in [0.717, 1.165) is 25.3 Å².